The third-order valence-corrected chi connectivity index (χ3v) is 3.36. The molecule has 0 amide bonds. The normalized spacial score (nSPS) is 29.1. The summed E-state index contributed by atoms with van der Waals surface area (Å²) in [7, 11) is 0. The third kappa shape index (κ3) is 2.12. The van der Waals surface area contributed by atoms with Crippen LogP contribution in [0.25, 0.3) is 10.9 Å². The first-order chi connectivity index (χ1) is 11.7. The van der Waals surface area contributed by atoms with Crippen LogP contribution in [0, 0.1) is 6.88 Å². The van der Waals surface area contributed by atoms with Crippen molar-refractivity contribution in [3.05, 3.63) is 34.4 Å². The van der Waals surface area contributed by atoms with Gasteiger partial charge in [0.05, 0.1) is 24.7 Å². The first-order valence-corrected chi connectivity index (χ1v) is 6.31. The fourth-order valence-electron chi connectivity index (χ4n) is 2.39. The Morgan fingerprint density at radius 3 is 3.00 bits per heavy atom. The topological polar surface area (TPSA) is 95.0 Å². The van der Waals surface area contributed by atoms with Gasteiger partial charge in [0.25, 0.3) is 5.56 Å². The standard InChI is InChI=1S/C15H15N3O3/c1-8-17-11-4-2-3-10(16)14(11)15(21)18(8)12-6-5-9(19)7-13(12)20/h2-4,12H,5-7,16H2,1H3/i1D2,6D,12D. The number of carbonyl (C=O) groups excluding carboxylic acids is 2. The fourth-order valence-corrected chi connectivity index (χ4v) is 2.39. The molecular formula is C15H15N3O3. The minimum Gasteiger partial charge on any atom is -0.398 e. The van der Waals surface area contributed by atoms with E-state index in [0.29, 0.717) is 4.57 Å². The number of Topliss-reactive ketones (excluding diaryl/α,β-unsaturated/α-hetero) is 2. The van der Waals surface area contributed by atoms with Gasteiger partial charge < -0.3 is 5.73 Å². The highest BCUT2D eigenvalue weighted by molar-refractivity contribution is 6.03. The summed E-state index contributed by atoms with van der Waals surface area (Å²) in [6.07, 6.45) is -2.49. The lowest BCUT2D eigenvalue weighted by molar-refractivity contribution is -0.132. The van der Waals surface area contributed by atoms with Gasteiger partial charge in [-0.2, -0.15) is 0 Å². The summed E-state index contributed by atoms with van der Waals surface area (Å²) < 4.78 is 32.5. The molecule has 0 radical (unpaired) electrons. The van der Waals surface area contributed by atoms with Gasteiger partial charge in [-0.25, -0.2) is 4.98 Å². The van der Waals surface area contributed by atoms with Crippen LogP contribution in [0.4, 0.5) is 5.69 Å². The first-order valence-electron chi connectivity index (χ1n) is 8.54. The van der Waals surface area contributed by atoms with E-state index in [4.69, 9.17) is 11.2 Å². The van der Waals surface area contributed by atoms with Crippen LogP contribution in [-0.2, 0) is 9.59 Å². The van der Waals surface area contributed by atoms with Crippen LogP contribution in [-0.4, -0.2) is 21.1 Å². The van der Waals surface area contributed by atoms with Gasteiger partial charge in [-0.15, -0.1) is 0 Å². The second-order valence-corrected chi connectivity index (χ2v) is 4.78. The number of fused-ring (bicyclic) bond motifs is 1. The summed E-state index contributed by atoms with van der Waals surface area (Å²) in [4.78, 5) is 41.0. The number of hydrogen-bond donors (Lipinski definition) is 1. The van der Waals surface area contributed by atoms with Crippen molar-refractivity contribution in [2.75, 3.05) is 5.73 Å². The predicted molar refractivity (Wildman–Crippen MR) is 78.1 cm³/mol. The number of hydrogen-bond acceptors (Lipinski definition) is 5. The molecule has 6 nitrogen and oxygen atoms in total. The molecule has 2 unspecified atom stereocenters. The van der Waals surface area contributed by atoms with Gasteiger partial charge in [-0.1, -0.05) is 6.07 Å². The van der Waals surface area contributed by atoms with Gasteiger partial charge in [0.15, 0.2) is 5.78 Å². The van der Waals surface area contributed by atoms with E-state index in [1.165, 1.54) is 12.1 Å². The Morgan fingerprint density at radius 1 is 1.48 bits per heavy atom. The molecular weight excluding hydrogens is 270 g/mol. The molecule has 1 heterocycles. The summed E-state index contributed by atoms with van der Waals surface area (Å²) in [5.41, 5.74) is 5.18. The Labute approximate surface area is 126 Å². The SMILES string of the molecule is [2H]C([2H])c1nc2cccc(N)c2c(=O)n1C1([2H])C(=O)CC(=O)CC1[2H]. The summed E-state index contributed by atoms with van der Waals surface area (Å²) in [6.45, 7) is -1.77. The average molecular weight is 289 g/mol. The van der Waals surface area contributed by atoms with Crippen molar-refractivity contribution in [2.45, 2.75) is 32.1 Å². The van der Waals surface area contributed by atoms with Crippen molar-refractivity contribution in [1.29, 1.82) is 0 Å². The number of aryl methyl sites for hydroxylation is 1. The number of nitrogens with two attached hydrogens (primary N) is 1. The van der Waals surface area contributed by atoms with E-state index >= 15 is 0 Å². The molecule has 1 saturated carbocycles. The number of aromatic nitrogens is 2. The molecule has 3 rings (SSSR count). The highest BCUT2D eigenvalue weighted by atomic mass is 16.2. The van der Waals surface area contributed by atoms with Crippen LogP contribution < -0.4 is 11.3 Å². The number of nitrogens with zero attached hydrogens (tertiary/aromatic N) is 2. The Bertz CT molecular complexity index is 959. The fraction of sp³-hybridized carbons (Fsp3) is 0.333. The van der Waals surface area contributed by atoms with Crippen LogP contribution in [0.5, 0.6) is 0 Å². The molecule has 0 spiro atoms. The van der Waals surface area contributed by atoms with Gasteiger partial charge in [0, 0.05) is 16.2 Å². The van der Waals surface area contributed by atoms with E-state index in [-0.39, 0.29) is 23.0 Å². The molecule has 2 atom stereocenters. The molecule has 0 aliphatic heterocycles. The van der Waals surface area contributed by atoms with E-state index in [2.05, 4.69) is 4.98 Å². The van der Waals surface area contributed by atoms with E-state index in [1.807, 2.05) is 0 Å². The largest absolute Gasteiger partial charge is 0.398 e. The Balaban J connectivity index is 2.42. The monoisotopic (exact) mass is 289 g/mol. The molecule has 0 bridgehead atoms. The van der Waals surface area contributed by atoms with Gasteiger partial charge in [-0.05, 0) is 25.4 Å². The molecule has 2 aromatic rings. The number of benzene rings is 1. The van der Waals surface area contributed by atoms with Gasteiger partial charge in [0.1, 0.15) is 11.6 Å². The molecule has 2 N–H and O–H groups in total. The number of nitrogen functional groups attached to an aromatic ring is 1. The van der Waals surface area contributed by atoms with E-state index in [9.17, 15) is 14.4 Å². The predicted octanol–water partition coefficient (Wildman–Crippen LogP) is 1.15. The molecule has 1 aromatic heterocycles. The smallest absolute Gasteiger partial charge is 0.264 e. The number of anilines is 1. The van der Waals surface area contributed by atoms with Gasteiger partial charge in [0.2, 0.25) is 0 Å². The van der Waals surface area contributed by atoms with E-state index in [0.717, 1.165) is 0 Å². The van der Waals surface area contributed by atoms with Gasteiger partial charge in [-0.3, -0.25) is 19.0 Å². The molecule has 21 heavy (non-hydrogen) atoms. The second kappa shape index (κ2) is 4.80. The quantitative estimate of drug-likeness (QED) is 0.627. The van der Waals surface area contributed by atoms with Crippen LogP contribution in [0.3, 0.4) is 0 Å². The van der Waals surface area contributed by atoms with Crippen LogP contribution >= 0.6 is 0 Å². The van der Waals surface area contributed by atoms with Crippen LogP contribution in [0.15, 0.2) is 23.0 Å². The molecule has 1 aliphatic carbocycles. The minimum atomic E-state index is -2.43. The maximum atomic E-state index is 13.0. The lowest BCUT2D eigenvalue weighted by Crippen LogP contribution is -2.36. The zero-order valence-corrected chi connectivity index (χ0v) is 11.0. The van der Waals surface area contributed by atoms with Gasteiger partial charge >= 0.3 is 0 Å². The first kappa shape index (κ1) is 9.44. The van der Waals surface area contributed by atoms with E-state index in [1.54, 1.807) is 6.07 Å². The van der Waals surface area contributed by atoms with Crippen LogP contribution in [0.1, 0.15) is 36.6 Å². The highest BCUT2D eigenvalue weighted by Crippen LogP contribution is 2.24. The average Bonchev–Trinajstić information content (AvgIpc) is 2.52. The number of carbonyl (C=O) groups is 2. The summed E-state index contributed by atoms with van der Waals surface area (Å²) in [5.74, 6) is -1.84. The summed E-state index contributed by atoms with van der Waals surface area (Å²) >= 11 is 0. The zero-order valence-electron chi connectivity index (χ0n) is 15.0. The molecule has 6 heteroatoms. The van der Waals surface area contributed by atoms with Crippen molar-refractivity contribution >= 4 is 28.2 Å². The van der Waals surface area contributed by atoms with E-state index < -0.39 is 48.7 Å². The maximum Gasteiger partial charge on any atom is 0.264 e. The molecule has 1 aromatic carbocycles. The van der Waals surface area contributed by atoms with Crippen molar-refractivity contribution < 1.29 is 15.1 Å². The van der Waals surface area contributed by atoms with Crippen molar-refractivity contribution in [1.82, 2.24) is 9.55 Å². The van der Waals surface area contributed by atoms with Crippen molar-refractivity contribution in [3.8, 4) is 0 Å². The molecule has 1 fully saturated rings. The minimum absolute atomic E-state index is 0.0459. The lowest BCUT2D eigenvalue weighted by atomic mass is 9.92. The highest BCUT2D eigenvalue weighted by Gasteiger charge is 2.30. The second-order valence-electron chi connectivity index (χ2n) is 4.78. The van der Waals surface area contributed by atoms with Crippen molar-refractivity contribution in [3.63, 3.8) is 0 Å². The Kier molecular flexibility index (Phi) is 2.16. The molecule has 108 valence electrons. The molecule has 1 aliphatic rings. The zero-order chi connectivity index (χ0) is 18.5. The number of ketones is 2. The lowest BCUT2D eigenvalue weighted by Gasteiger charge is -2.24. The summed E-state index contributed by atoms with van der Waals surface area (Å²) in [5, 5.41) is -0.0459. The van der Waals surface area contributed by atoms with Crippen molar-refractivity contribution in [2.24, 2.45) is 0 Å². The Hall–Kier alpha value is -2.50. The maximum absolute atomic E-state index is 13.0. The number of rotatable bonds is 1. The molecule has 0 saturated heterocycles. The third-order valence-electron chi connectivity index (χ3n) is 3.36. The van der Waals surface area contributed by atoms with Crippen LogP contribution in [0.2, 0.25) is 0 Å². The summed E-state index contributed by atoms with van der Waals surface area (Å²) in [6, 6.07) is 2.05. The Morgan fingerprint density at radius 2 is 2.29 bits per heavy atom.